The Kier molecular flexibility index (Phi) is 4.12. The fraction of sp³-hybridized carbons (Fsp3) is 0.364. The standard InChI is InChI=1S/C11H15NO3/c1-2-15-9-5-3-4-8(6-9)7-10(12)11(13)14/h3-6,10H,2,7,12H2,1H3,(H,13,14). The molecular formula is C11H15NO3. The Balaban J connectivity index is 2.68. The van der Waals surface area contributed by atoms with Crippen molar-refractivity contribution in [3.63, 3.8) is 0 Å². The highest BCUT2D eigenvalue weighted by Gasteiger charge is 2.12. The second-order valence-electron chi connectivity index (χ2n) is 3.23. The molecule has 0 saturated carbocycles. The van der Waals surface area contributed by atoms with E-state index in [-0.39, 0.29) is 0 Å². The fourth-order valence-electron chi connectivity index (χ4n) is 1.27. The van der Waals surface area contributed by atoms with Crippen molar-refractivity contribution in [2.75, 3.05) is 6.61 Å². The summed E-state index contributed by atoms with van der Waals surface area (Å²) < 4.78 is 5.30. The van der Waals surface area contributed by atoms with E-state index in [4.69, 9.17) is 15.6 Å². The van der Waals surface area contributed by atoms with E-state index in [2.05, 4.69) is 0 Å². The van der Waals surface area contributed by atoms with E-state index in [0.717, 1.165) is 11.3 Å². The van der Waals surface area contributed by atoms with Crippen molar-refractivity contribution in [2.24, 2.45) is 5.73 Å². The molecular weight excluding hydrogens is 194 g/mol. The van der Waals surface area contributed by atoms with E-state index < -0.39 is 12.0 Å². The molecule has 0 aromatic heterocycles. The lowest BCUT2D eigenvalue weighted by atomic mass is 10.1. The number of nitrogens with two attached hydrogens (primary N) is 1. The van der Waals surface area contributed by atoms with Crippen LogP contribution in [0.15, 0.2) is 24.3 Å². The molecule has 0 amide bonds. The number of ether oxygens (including phenoxy) is 1. The molecule has 4 nitrogen and oxygen atoms in total. The van der Waals surface area contributed by atoms with Gasteiger partial charge in [-0.1, -0.05) is 12.1 Å². The molecule has 15 heavy (non-hydrogen) atoms. The molecule has 0 fully saturated rings. The third-order valence-corrected chi connectivity index (χ3v) is 1.98. The predicted octanol–water partition coefficient (Wildman–Crippen LogP) is 1.04. The number of hydrogen-bond acceptors (Lipinski definition) is 3. The normalized spacial score (nSPS) is 12.1. The molecule has 82 valence electrons. The SMILES string of the molecule is CCOc1cccc(CC(N)C(=O)O)c1. The highest BCUT2D eigenvalue weighted by molar-refractivity contribution is 5.73. The van der Waals surface area contributed by atoms with Crippen LogP contribution in [0.3, 0.4) is 0 Å². The number of rotatable bonds is 5. The van der Waals surface area contributed by atoms with Crippen molar-refractivity contribution in [2.45, 2.75) is 19.4 Å². The van der Waals surface area contributed by atoms with Gasteiger partial charge in [0.1, 0.15) is 11.8 Å². The Bertz CT molecular complexity index is 338. The van der Waals surface area contributed by atoms with E-state index in [0.29, 0.717) is 13.0 Å². The Hall–Kier alpha value is -1.55. The second-order valence-corrected chi connectivity index (χ2v) is 3.23. The van der Waals surface area contributed by atoms with Crippen LogP contribution in [0.2, 0.25) is 0 Å². The maximum absolute atomic E-state index is 10.6. The van der Waals surface area contributed by atoms with Crippen molar-refractivity contribution >= 4 is 5.97 Å². The number of carbonyl (C=O) groups is 1. The zero-order valence-electron chi connectivity index (χ0n) is 8.64. The first kappa shape index (κ1) is 11.5. The molecule has 1 atom stereocenters. The van der Waals surface area contributed by atoms with Gasteiger partial charge in [-0.3, -0.25) is 4.79 Å². The minimum Gasteiger partial charge on any atom is -0.494 e. The van der Waals surface area contributed by atoms with Gasteiger partial charge in [-0.05, 0) is 31.0 Å². The number of benzene rings is 1. The fourth-order valence-corrected chi connectivity index (χ4v) is 1.27. The second kappa shape index (κ2) is 5.36. The van der Waals surface area contributed by atoms with Gasteiger partial charge in [0.15, 0.2) is 0 Å². The van der Waals surface area contributed by atoms with Crippen LogP contribution < -0.4 is 10.5 Å². The largest absolute Gasteiger partial charge is 0.494 e. The van der Waals surface area contributed by atoms with Gasteiger partial charge in [0.25, 0.3) is 0 Å². The first-order valence-electron chi connectivity index (χ1n) is 4.83. The molecule has 0 saturated heterocycles. The van der Waals surface area contributed by atoms with E-state index in [1.807, 2.05) is 31.2 Å². The lowest BCUT2D eigenvalue weighted by molar-refractivity contribution is -0.138. The molecule has 0 heterocycles. The van der Waals surface area contributed by atoms with Crippen LogP contribution in [0.4, 0.5) is 0 Å². The first-order valence-corrected chi connectivity index (χ1v) is 4.83. The Morgan fingerprint density at radius 1 is 1.60 bits per heavy atom. The topological polar surface area (TPSA) is 72.5 Å². The summed E-state index contributed by atoms with van der Waals surface area (Å²) in [6, 6.07) is 6.45. The predicted molar refractivity (Wildman–Crippen MR) is 56.9 cm³/mol. The molecule has 0 aliphatic heterocycles. The smallest absolute Gasteiger partial charge is 0.320 e. The Morgan fingerprint density at radius 3 is 2.93 bits per heavy atom. The molecule has 0 bridgehead atoms. The summed E-state index contributed by atoms with van der Waals surface area (Å²) in [5.41, 5.74) is 6.30. The summed E-state index contributed by atoms with van der Waals surface area (Å²) in [5.74, 6) is -0.246. The zero-order chi connectivity index (χ0) is 11.3. The van der Waals surface area contributed by atoms with Gasteiger partial charge in [0, 0.05) is 0 Å². The quantitative estimate of drug-likeness (QED) is 0.760. The highest BCUT2D eigenvalue weighted by atomic mass is 16.5. The molecule has 1 aromatic carbocycles. The van der Waals surface area contributed by atoms with E-state index in [9.17, 15) is 4.79 Å². The summed E-state index contributed by atoms with van der Waals surface area (Å²) in [5, 5.41) is 8.66. The summed E-state index contributed by atoms with van der Waals surface area (Å²) in [4.78, 5) is 10.6. The van der Waals surface area contributed by atoms with Gasteiger partial charge in [0.05, 0.1) is 6.61 Å². The average molecular weight is 209 g/mol. The molecule has 3 N–H and O–H groups in total. The summed E-state index contributed by atoms with van der Waals surface area (Å²) in [6.45, 7) is 2.49. The molecule has 0 aliphatic carbocycles. The first-order chi connectivity index (χ1) is 7.13. The van der Waals surface area contributed by atoms with Gasteiger partial charge in [-0.15, -0.1) is 0 Å². The van der Waals surface area contributed by atoms with E-state index >= 15 is 0 Å². The maximum Gasteiger partial charge on any atom is 0.320 e. The lowest BCUT2D eigenvalue weighted by Gasteiger charge is -2.08. The monoisotopic (exact) mass is 209 g/mol. The number of aliphatic carboxylic acids is 1. The van der Waals surface area contributed by atoms with E-state index in [1.165, 1.54) is 0 Å². The summed E-state index contributed by atoms with van der Waals surface area (Å²) >= 11 is 0. The van der Waals surface area contributed by atoms with Crippen LogP contribution >= 0.6 is 0 Å². The van der Waals surface area contributed by atoms with Gasteiger partial charge >= 0.3 is 5.97 Å². The Morgan fingerprint density at radius 2 is 2.33 bits per heavy atom. The zero-order valence-corrected chi connectivity index (χ0v) is 8.64. The average Bonchev–Trinajstić information content (AvgIpc) is 2.18. The van der Waals surface area contributed by atoms with Crippen LogP contribution in [0.1, 0.15) is 12.5 Å². The third kappa shape index (κ3) is 3.59. The van der Waals surface area contributed by atoms with Crippen molar-refractivity contribution in [3.8, 4) is 5.75 Å². The molecule has 4 heteroatoms. The van der Waals surface area contributed by atoms with Crippen LogP contribution in [0, 0.1) is 0 Å². The van der Waals surface area contributed by atoms with Crippen molar-refractivity contribution in [1.82, 2.24) is 0 Å². The number of carboxylic acids is 1. The Labute approximate surface area is 88.7 Å². The van der Waals surface area contributed by atoms with Gasteiger partial charge in [-0.25, -0.2) is 0 Å². The summed E-state index contributed by atoms with van der Waals surface area (Å²) in [6.07, 6.45) is 0.316. The van der Waals surface area contributed by atoms with Crippen molar-refractivity contribution in [1.29, 1.82) is 0 Å². The van der Waals surface area contributed by atoms with E-state index in [1.54, 1.807) is 0 Å². The highest BCUT2D eigenvalue weighted by Crippen LogP contribution is 2.14. The maximum atomic E-state index is 10.6. The van der Waals surface area contributed by atoms with Crippen molar-refractivity contribution in [3.05, 3.63) is 29.8 Å². The van der Waals surface area contributed by atoms with Crippen LogP contribution in [0.25, 0.3) is 0 Å². The molecule has 1 rings (SSSR count). The molecule has 0 radical (unpaired) electrons. The van der Waals surface area contributed by atoms with Crippen LogP contribution in [0.5, 0.6) is 5.75 Å². The molecule has 1 unspecified atom stereocenters. The van der Waals surface area contributed by atoms with Gasteiger partial charge in [0.2, 0.25) is 0 Å². The van der Waals surface area contributed by atoms with Crippen LogP contribution in [-0.4, -0.2) is 23.7 Å². The minimum atomic E-state index is -0.989. The van der Waals surface area contributed by atoms with Crippen molar-refractivity contribution < 1.29 is 14.6 Å². The molecule has 0 aliphatic rings. The number of carboxylic acid groups (broad SMARTS) is 1. The van der Waals surface area contributed by atoms with Crippen LogP contribution in [-0.2, 0) is 11.2 Å². The summed E-state index contributed by atoms with van der Waals surface area (Å²) in [7, 11) is 0. The molecule has 0 spiro atoms. The van der Waals surface area contributed by atoms with Gasteiger partial charge < -0.3 is 15.6 Å². The minimum absolute atomic E-state index is 0.316. The van der Waals surface area contributed by atoms with Gasteiger partial charge in [-0.2, -0.15) is 0 Å². The molecule has 1 aromatic rings. The lowest BCUT2D eigenvalue weighted by Crippen LogP contribution is -2.32. The number of hydrogen-bond donors (Lipinski definition) is 2. The third-order valence-electron chi connectivity index (χ3n) is 1.98.